The maximum atomic E-state index is 13.3. The van der Waals surface area contributed by atoms with Crippen LogP contribution in [-0.2, 0) is 28.6 Å². The summed E-state index contributed by atoms with van der Waals surface area (Å²) >= 11 is 0. The van der Waals surface area contributed by atoms with Crippen molar-refractivity contribution in [2.75, 3.05) is 6.61 Å². The number of ether oxygens (including phenoxy) is 3. The molecule has 1 unspecified atom stereocenters. The first-order valence-electron chi connectivity index (χ1n) is 14.1. The van der Waals surface area contributed by atoms with Gasteiger partial charge in [-0.1, -0.05) is 19.4 Å². The summed E-state index contributed by atoms with van der Waals surface area (Å²) in [4.78, 5) is 37.4. The molecular weight excluding hydrogens is 472 g/mol. The van der Waals surface area contributed by atoms with Crippen LogP contribution in [0.4, 0.5) is 0 Å². The highest BCUT2D eigenvalue weighted by molar-refractivity contribution is 5.98. The quantitative estimate of drug-likeness (QED) is 0.450. The fourth-order valence-electron chi connectivity index (χ4n) is 9.85. The number of cyclic esters (lactones) is 1. The summed E-state index contributed by atoms with van der Waals surface area (Å²) in [6.07, 6.45) is 8.05. The Morgan fingerprint density at radius 1 is 1.22 bits per heavy atom. The van der Waals surface area contributed by atoms with Gasteiger partial charge in [0.15, 0.2) is 5.78 Å². The van der Waals surface area contributed by atoms with E-state index in [2.05, 4.69) is 20.8 Å². The molecule has 6 aliphatic rings. The lowest BCUT2D eigenvalue weighted by Crippen LogP contribution is -2.63. The van der Waals surface area contributed by atoms with Gasteiger partial charge in [-0.3, -0.25) is 9.59 Å². The maximum Gasteiger partial charge on any atom is 0.337 e. The van der Waals surface area contributed by atoms with Crippen molar-refractivity contribution in [1.82, 2.24) is 0 Å². The number of hydrogen-bond donors (Lipinski definition) is 1. The van der Waals surface area contributed by atoms with Crippen molar-refractivity contribution >= 4 is 17.7 Å². The van der Waals surface area contributed by atoms with Crippen molar-refractivity contribution in [1.29, 1.82) is 0 Å². The predicted octanol–water partition coefficient (Wildman–Crippen LogP) is 3.92. The molecule has 4 fully saturated rings. The van der Waals surface area contributed by atoms with E-state index in [0.717, 1.165) is 37.7 Å². The number of allylic oxidation sites excluding steroid dienone is 1. The minimum absolute atomic E-state index is 0.0283. The highest BCUT2D eigenvalue weighted by Crippen LogP contribution is 2.73. The maximum absolute atomic E-state index is 13.3. The van der Waals surface area contributed by atoms with Crippen molar-refractivity contribution < 1.29 is 33.7 Å². The molecule has 0 aromatic carbocycles. The van der Waals surface area contributed by atoms with Crippen LogP contribution < -0.4 is 0 Å². The topological polar surface area (TPSA) is 102 Å². The van der Waals surface area contributed by atoms with Crippen molar-refractivity contribution in [2.24, 2.45) is 40.4 Å². The van der Waals surface area contributed by atoms with E-state index in [-0.39, 0.29) is 47.8 Å². The number of aliphatic hydroxyl groups excluding tert-OH is 1. The normalized spacial score (nSPS) is 48.9. The molecule has 3 saturated carbocycles. The summed E-state index contributed by atoms with van der Waals surface area (Å²) in [6, 6.07) is 0. The second kappa shape index (κ2) is 8.25. The molecule has 0 amide bonds. The average molecular weight is 513 g/mol. The number of rotatable bonds is 4. The summed E-state index contributed by atoms with van der Waals surface area (Å²) in [6.45, 7) is 9.97. The molecule has 37 heavy (non-hydrogen) atoms. The van der Waals surface area contributed by atoms with E-state index in [4.69, 9.17) is 14.2 Å². The van der Waals surface area contributed by atoms with E-state index in [1.807, 2.05) is 6.92 Å². The van der Waals surface area contributed by atoms with Gasteiger partial charge in [-0.2, -0.15) is 0 Å². The predicted molar refractivity (Wildman–Crippen MR) is 134 cm³/mol. The summed E-state index contributed by atoms with van der Waals surface area (Å²) in [7, 11) is 0. The molecule has 7 heteroatoms. The van der Waals surface area contributed by atoms with E-state index in [1.54, 1.807) is 12.2 Å². The van der Waals surface area contributed by atoms with Gasteiger partial charge >= 0.3 is 11.9 Å². The smallest absolute Gasteiger partial charge is 0.337 e. The molecule has 11 atom stereocenters. The van der Waals surface area contributed by atoms with Crippen molar-refractivity contribution in [3.63, 3.8) is 0 Å². The Bertz CT molecular complexity index is 1110. The van der Waals surface area contributed by atoms with Gasteiger partial charge in [0.25, 0.3) is 0 Å². The number of hydrogen-bond acceptors (Lipinski definition) is 7. The van der Waals surface area contributed by atoms with Gasteiger partial charge in [0.2, 0.25) is 0 Å². The SMILES string of the molecule is CC(=O)OCC1=C(C)CC([C@@H](C)[C@H]2CC[C@H]3[C@@H]4C[C@H]5O[C@]56[C@@H](O)C=CC(=O)[C@]6(C)[C@H]4CC[C@]23C)OC1=O. The first-order valence-corrected chi connectivity index (χ1v) is 14.1. The molecule has 0 radical (unpaired) electrons. The zero-order valence-corrected chi connectivity index (χ0v) is 22.6. The van der Waals surface area contributed by atoms with E-state index >= 15 is 0 Å². The first-order chi connectivity index (χ1) is 17.4. The molecular formula is C30H40O7. The number of fused-ring (bicyclic) bond motifs is 4. The van der Waals surface area contributed by atoms with Gasteiger partial charge in [-0.25, -0.2) is 4.79 Å². The standard InChI is InChI=1S/C30H40O7/c1-15-12-23(36-27(34)19(15)14-35-17(3)31)16(2)20-6-7-21-18-13-26-30(37-26)25(33)9-8-24(32)29(30,5)22(18)10-11-28(20,21)4/h8-9,16,18,20-23,25-26,33H,6-7,10-14H2,1-5H3/t16-,18-,20+,21-,22-,23?,25-,26+,28+,29-,30+/m0/s1. The number of aliphatic hydroxyl groups is 1. The molecule has 6 rings (SSSR count). The molecule has 0 bridgehead atoms. The van der Waals surface area contributed by atoms with Crippen molar-refractivity contribution in [3.8, 4) is 0 Å². The fraction of sp³-hybridized carbons (Fsp3) is 0.767. The second-order valence-electron chi connectivity index (χ2n) is 13.2. The summed E-state index contributed by atoms with van der Waals surface area (Å²) < 4.78 is 17.3. The lowest BCUT2D eigenvalue weighted by atomic mass is 9.44. The lowest BCUT2D eigenvalue weighted by molar-refractivity contribution is -0.156. The Morgan fingerprint density at radius 3 is 2.68 bits per heavy atom. The second-order valence-corrected chi connectivity index (χ2v) is 13.2. The van der Waals surface area contributed by atoms with Crippen LogP contribution in [0.15, 0.2) is 23.3 Å². The lowest BCUT2D eigenvalue weighted by Gasteiger charge is -2.58. The Labute approximate surface area is 219 Å². The van der Waals surface area contributed by atoms with Crippen molar-refractivity contribution in [3.05, 3.63) is 23.3 Å². The largest absolute Gasteiger partial charge is 0.461 e. The molecule has 2 aliphatic heterocycles. The highest BCUT2D eigenvalue weighted by atomic mass is 16.6. The van der Waals surface area contributed by atoms with Gasteiger partial charge < -0.3 is 19.3 Å². The van der Waals surface area contributed by atoms with Crippen LogP contribution in [0, 0.1) is 40.4 Å². The minimum atomic E-state index is -0.733. The van der Waals surface area contributed by atoms with Crippen LogP contribution in [0.1, 0.15) is 73.1 Å². The highest BCUT2D eigenvalue weighted by Gasteiger charge is 2.80. The third-order valence-corrected chi connectivity index (χ3v) is 11.9. The van der Waals surface area contributed by atoms with Crippen LogP contribution in [0.25, 0.3) is 0 Å². The van der Waals surface area contributed by atoms with E-state index in [0.29, 0.717) is 29.7 Å². The Morgan fingerprint density at radius 2 is 1.97 bits per heavy atom. The van der Waals surface area contributed by atoms with Gasteiger partial charge in [0.05, 0.1) is 17.1 Å². The molecule has 2 heterocycles. The summed E-state index contributed by atoms with van der Waals surface area (Å²) in [5, 5.41) is 10.9. The van der Waals surface area contributed by atoms with E-state index in [9.17, 15) is 19.5 Å². The molecule has 1 saturated heterocycles. The first kappa shape index (κ1) is 25.3. The third-order valence-electron chi connectivity index (χ3n) is 11.9. The van der Waals surface area contributed by atoms with Gasteiger partial charge in [0, 0.05) is 13.3 Å². The minimum Gasteiger partial charge on any atom is -0.461 e. The molecule has 7 nitrogen and oxygen atoms in total. The average Bonchev–Trinajstić information content (AvgIpc) is 3.47. The van der Waals surface area contributed by atoms with Crippen LogP contribution in [0.3, 0.4) is 0 Å². The van der Waals surface area contributed by atoms with Crippen LogP contribution >= 0.6 is 0 Å². The van der Waals surface area contributed by atoms with Crippen LogP contribution in [-0.4, -0.2) is 53.3 Å². The van der Waals surface area contributed by atoms with Gasteiger partial charge in [0.1, 0.15) is 24.4 Å². The van der Waals surface area contributed by atoms with Gasteiger partial charge in [-0.15, -0.1) is 0 Å². The number of epoxide rings is 1. The number of carbonyl (C=O) groups excluding carboxylic acids is 3. The molecule has 1 N–H and O–H groups in total. The Hall–Kier alpha value is -1.99. The monoisotopic (exact) mass is 512 g/mol. The van der Waals surface area contributed by atoms with Crippen LogP contribution in [0.2, 0.25) is 0 Å². The third kappa shape index (κ3) is 3.28. The van der Waals surface area contributed by atoms with Gasteiger partial charge in [-0.05, 0) is 93.1 Å². The van der Waals surface area contributed by atoms with E-state index in [1.165, 1.54) is 6.92 Å². The zero-order valence-electron chi connectivity index (χ0n) is 22.6. The number of carbonyl (C=O) groups is 3. The molecule has 0 aromatic rings. The molecule has 202 valence electrons. The molecule has 0 aromatic heterocycles. The van der Waals surface area contributed by atoms with E-state index < -0.39 is 23.1 Å². The van der Waals surface area contributed by atoms with Crippen molar-refractivity contribution in [2.45, 2.75) is 97.1 Å². The molecule has 1 spiro atoms. The molecule has 4 aliphatic carbocycles. The number of ketones is 1. The Balaban J connectivity index is 1.22. The zero-order chi connectivity index (χ0) is 26.5. The number of esters is 2. The summed E-state index contributed by atoms with van der Waals surface area (Å²) in [5.74, 6) is 1.07. The Kier molecular flexibility index (Phi) is 5.64. The summed E-state index contributed by atoms with van der Waals surface area (Å²) in [5.41, 5.74) is 0.121. The van der Waals surface area contributed by atoms with Crippen LogP contribution in [0.5, 0.6) is 0 Å². The fourth-order valence-corrected chi connectivity index (χ4v) is 9.85.